The molecule has 12 heavy (non-hydrogen) atoms. The first-order valence-corrected chi connectivity index (χ1v) is 6.03. The van der Waals surface area contributed by atoms with Gasteiger partial charge in [0.2, 0.25) is 0 Å². The third-order valence-corrected chi connectivity index (χ3v) is 3.40. The Morgan fingerprint density at radius 1 is 1.42 bits per heavy atom. The predicted molar refractivity (Wildman–Crippen MR) is 49.3 cm³/mol. The van der Waals surface area contributed by atoms with Crippen LogP contribution in [-0.4, -0.2) is 12.3 Å². The van der Waals surface area contributed by atoms with Gasteiger partial charge in [0.1, 0.15) is 0 Å². The molecule has 0 N–H and O–H groups in total. The third-order valence-electron chi connectivity index (χ3n) is 1.63. The SMILES string of the molecule is CCCCCOP(=O)(F)C(C)C. The van der Waals surface area contributed by atoms with Gasteiger partial charge in [-0.15, -0.1) is 0 Å². The molecule has 0 aromatic carbocycles. The van der Waals surface area contributed by atoms with Crippen molar-refractivity contribution in [2.45, 2.75) is 45.7 Å². The van der Waals surface area contributed by atoms with Crippen molar-refractivity contribution in [2.75, 3.05) is 6.61 Å². The molecule has 0 fully saturated rings. The standard InChI is InChI=1S/C8H18FO2P/c1-4-5-6-7-11-12(9,10)8(2)3/h8H,4-7H2,1-3H3. The first-order valence-electron chi connectivity index (χ1n) is 4.44. The summed E-state index contributed by atoms with van der Waals surface area (Å²) in [6.45, 7) is 5.47. The Labute approximate surface area is 74.1 Å². The van der Waals surface area contributed by atoms with Gasteiger partial charge in [-0.3, -0.25) is 4.57 Å². The van der Waals surface area contributed by atoms with E-state index in [9.17, 15) is 8.76 Å². The van der Waals surface area contributed by atoms with Crippen LogP contribution in [-0.2, 0) is 9.09 Å². The highest BCUT2D eigenvalue weighted by Crippen LogP contribution is 2.53. The summed E-state index contributed by atoms with van der Waals surface area (Å²) >= 11 is 0. The van der Waals surface area contributed by atoms with Crippen LogP contribution in [0, 0.1) is 0 Å². The number of rotatable bonds is 6. The van der Waals surface area contributed by atoms with Crippen molar-refractivity contribution in [1.29, 1.82) is 0 Å². The lowest BCUT2D eigenvalue weighted by atomic mass is 10.3. The minimum Gasteiger partial charge on any atom is -0.305 e. The molecular formula is C8H18FO2P. The summed E-state index contributed by atoms with van der Waals surface area (Å²) < 4.78 is 28.6. The van der Waals surface area contributed by atoms with Gasteiger partial charge < -0.3 is 4.52 Å². The Balaban J connectivity index is 3.55. The maximum atomic E-state index is 13.0. The fourth-order valence-electron chi connectivity index (χ4n) is 0.690. The van der Waals surface area contributed by atoms with Crippen molar-refractivity contribution in [3.05, 3.63) is 0 Å². The minimum atomic E-state index is -3.80. The number of unbranched alkanes of at least 4 members (excludes halogenated alkanes) is 2. The van der Waals surface area contributed by atoms with E-state index in [0.717, 1.165) is 19.3 Å². The second-order valence-corrected chi connectivity index (χ2v) is 5.49. The molecule has 74 valence electrons. The fraction of sp³-hybridized carbons (Fsp3) is 1.00. The van der Waals surface area contributed by atoms with Gasteiger partial charge >= 0.3 is 7.68 Å². The molecule has 0 spiro atoms. The Bertz CT molecular complexity index is 159. The van der Waals surface area contributed by atoms with Crippen molar-refractivity contribution in [3.63, 3.8) is 0 Å². The summed E-state index contributed by atoms with van der Waals surface area (Å²) in [6, 6.07) is 0. The summed E-state index contributed by atoms with van der Waals surface area (Å²) in [6.07, 6.45) is 2.84. The average Bonchev–Trinajstić information content (AvgIpc) is 1.98. The number of halogens is 1. The molecule has 0 heterocycles. The predicted octanol–water partition coefficient (Wildman–Crippen LogP) is 3.76. The van der Waals surface area contributed by atoms with E-state index in [1.54, 1.807) is 13.8 Å². The third kappa shape index (κ3) is 4.89. The summed E-state index contributed by atoms with van der Waals surface area (Å²) in [5.74, 6) is 0. The Kier molecular flexibility index (Phi) is 5.77. The van der Waals surface area contributed by atoms with Crippen molar-refractivity contribution < 1.29 is 13.3 Å². The molecule has 0 aliphatic carbocycles. The van der Waals surface area contributed by atoms with Crippen LogP contribution in [0.15, 0.2) is 0 Å². The largest absolute Gasteiger partial charge is 0.369 e. The molecule has 0 saturated heterocycles. The molecule has 4 heteroatoms. The Morgan fingerprint density at radius 3 is 2.42 bits per heavy atom. The normalized spacial score (nSPS) is 16.4. The summed E-state index contributed by atoms with van der Waals surface area (Å²) in [5.41, 5.74) is -0.515. The Morgan fingerprint density at radius 2 is 2.00 bits per heavy atom. The molecule has 0 rings (SSSR count). The van der Waals surface area contributed by atoms with Crippen molar-refractivity contribution in [1.82, 2.24) is 0 Å². The van der Waals surface area contributed by atoms with E-state index < -0.39 is 13.3 Å². The molecule has 0 aliphatic rings. The second kappa shape index (κ2) is 5.71. The van der Waals surface area contributed by atoms with E-state index in [1.807, 2.05) is 0 Å². The van der Waals surface area contributed by atoms with Crippen LogP contribution in [0.3, 0.4) is 0 Å². The van der Waals surface area contributed by atoms with Crippen LogP contribution < -0.4 is 0 Å². The van der Waals surface area contributed by atoms with Crippen LogP contribution in [0.5, 0.6) is 0 Å². The van der Waals surface area contributed by atoms with E-state index in [1.165, 1.54) is 0 Å². The average molecular weight is 196 g/mol. The van der Waals surface area contributed by atoms with Gasteiger partial charge in [0, 0.05) is 0 Å². The second-order valence-electron chi connectivity index (χ2n) is 3.16. The van der Waals surface area contributed by atoms with Gasteiger partial charge in [0.05, 0.1) is 12.3 Å². The summed E-state index contributed by atoms with van der Waals surface area (Å²) in [5, 5.41) is 0. The van der Waals surface area contributed by atoms with Crippen LogP contribution in [0.25, 0.3) is 0 Å². The molecule has 0 radical (unpaired) electrons. The topological polar surface area (TPSA) is 26.3 Å². The molecule has 0 aromatic rings. The van der Waals surface area contributed by atoms with Gasteiger partial charge in [-0.2, -0.15) is 4.20 Å². The van der Waals surface area contributed by atoms with Gasteiger partial charge in [-0.25, -0.2) is 0 Å². The molecule has 0 aliphatic heterocycles. The van der Waals surface area contributed by atoms with E-state index in [-0.39, 0.29) is 6.61 Å². The van der Waals surface area contributed by atoms with Gasteiger partial charge in [-0.1, -0.05) is 33.6 Å². The maximum Gasteiger partial charge on any atom is 0.369 e. The lowest BCUT2D eigenvalue weighted by Crippen LogP contribution is -1.99. The van der Waals surface area contributed by atoms with Crippen LogP contribution in [0.4, 0.5) is 4.20 Å². The van der Waals surface area contributed by atoms with E-state index >= 15 is 0 Å². The van der Waals surface area contributed by atoms with E-state index in [0.29, 0.717) is 0 Å². The number of hydrogen-bond acceptors (Lipinski definition) is 2. The molecular weight excluding hydrogens is 178 g/mol. The van der Waals surface area contributed by atoms with Gasteiger partial charge in [0.25, 0.3) is 0 Å². The maximum absolute atomic E-state index is 13.0. The summed E-state index contributed by atoms with van der Waals surface area (Å²) in [4.78, 5) is 0. The first-order chi connectivity index (χ1) is 5.50. The van der Waals surface area contributed by atoms with Crippen LogP contribution in [0.2, 0.25) is 0 Å². The first kappa shape index (κ1) is 12.1. The van der Waals surface area contributed by atoms with Crippen LogP contribution in [0.1, 0.15) is 40.0 Å². The van der Waals surface area contributed by atoms with Crippen molar-refractivity contribution in [3.8, 4) is 0 Å². The molecule has 2 nitrogen and oxygen atoms in total. The van der Waals surface area contributed by atoms with Crippen LogP contribution >= 0.6 is 7.68 Å². The molecule has 0 amide bonds. The van der Waals surface area contributed by atoms with Crippen molar-refractivity contribution >= 4 is 7.68 Å². The monoisotopic (exact) mass is 196 g/mol. The zero-order chi connectivity index (χ0) is 9.61. The van der Waals surface area contributed by atoms with Crippen molar-refractivity contribution in [2.24, 2.45) is 0 Å². The van der Waals surface area contributed by atoms with E-state index in [2.05, 4.69) is 11.4 Å². The quantitative estimate of drug-likeness (QED) is 0.477. The molecule has 1 atom stereocenters. The van der Waals surface area contributed by atoms with Gasteiger partial charge in [-0.05, 0) is 6.42 Å². The molecule has 0 aromatic heterocycles. The minimum absolute atomic E-state index is 0.278. The highest BCUT2D eigenvalue weighted by Gasteiger charge is 2.26. The Hall–Kier alpha value is 0.120. The highest BCUT2D eigenvalue weighted by atomic mass is 31.2. The lowest BCUT2D eigenvalue weighted by Gasteiger charge is -2.12. The smallest absolute Gasteiger partial charge is 0.305 e. The molecule has 0 bridgehead atoms. The molecule has 1 unspecified atom stereocenters. The summed E-state index contributed by atoms with van der Waals surface area (Å²) in [7, 11) is -3.80. The fourth-order valence-corrected chi connectivity index (χ4v) is 1.37. The molecule has 0 saturated carbocycles. The highest BCUT2D eigenvalue weighted by molar-refractivity contribution is 7.54. The van der Waals surface area contributed by atoms with Gasteiger partial charge in [0.15, 0.2) is 0 Å². The lowest BCUT2D eigenvalue weighted by molar-refractivity contribution is 0.273. The zero-order valence-electron chi connectivity index (χ0n) is 8.05. The zero-order valence-corrected chi connectivity index (χ0v) is 8.94. The number of hydrogen-bond donors (Lipinski definition) is 0. The van der Waals surface area contributed by atoms with E-state index in [4.69, 9.17) is 0 Å².